The minimum atomic E-state index is -0.318. The molecule has 1 aliphatic heterocycles. The Morgan fingerprint density at radius 1 is 1.44 bits per heavy atom. The first-order chi connectivity index (χ1) is 8.43. The largest absolute Gasteiger partial charge is 0.458 e. The number of hydrogen-bond acceptors (Lipinski definition) is 3. The molecule has 0 radical (unpaired) electrons. The third kappa shape index (κ3) is 1.43. The fourth-order valence-corrected chi connectivity index (χ4v) is 4.08. The van der Waals surface area contributed by atoms with Gasteiger partial charge in [0.2, 0.25) is 0 Å². The summed E-state index contributed by atoms with van der Waals surface area (Å²) in [5.41, 5.74) is 1.63. The zero-order chi connectivity index (χ0) is 13.1. The number of rotatable bonds is 0. The highest BCUT2D eigenvalue weighted by molar-refractivity contribution is 5.90. The highest BCUT2D eigenvalue weighted by Gasteiger charge is 2.55. The topological polar surface area (TPSA) is 46.5 Å². The van der Waals surface area contributed by atoms with Crippen molar-refractivity contribution in [3.8, 4) is 0 Å². The van der Waals surface area contributed by atoms with Crippen LogP contribution in [0.25, 0.3) is 0 Å². The first kappa shape index (κ1) is 12.0. The van der Waals surface area contributed by atoms with E-state index in [0.29, 0.717) is 5.57 Å². The molecule has 98 valence electrons. The number of hydrogen-bond donors (Lipinski definition) is 1. The molecule has 0 amide bonds. The predicted molar refractivity (Wildman–Crippen MR) is 67.7 cm³/mol. The van der Waals surface area contributed by atoms with E-state index in [1.54, 1.807) is 0 Å². The summed E-state index contributed by atoms with van der Waals surface area (Å²) in [5, 5.41) is 10.3. The fourth-order valence-electron chi connectivity index (χ4n) is 4.08. The van der Waals surface area contributed by atoms with Crippen molar-refractivity contribution in [3.63, 3.8) is 0 Å². The number of aliphatic hydroxyl groups excluding tert-OH is 1. The van der Waals surface area contributed by atoms with Crippen LogP contribution in [-0.2, 0) is 9.53 Å². The molecule has 1 N–H and O–H groups in total. The molecule has 18 heavy (non-hydrogen) atoms. The van der Waals surface area contributed by atoms with Gasteiger partial charge in [-0.1, -0.05) is 25.7 Å². The molecule has 2 aliphatic carbocycles. The molecule has 2 saturated carbocycles. The van der Waals surface area contributed by atoms with Crippen LogP contribution < -0.4 is 0 Å². The van der Waals surface area contributed by atoms with Crippen molar-refractivity contribution >= 4 is 5.97 Å². The second-order valence-electron chi connectivity index (χ2n) is 6.29. The van der Waals surface area contributed by atoms with Crippen LogP contribution >= 0.6 is 0 Å². The Morgan fingerprint density at radius 2 is 2.17 bits per heavy atom. The summed E-state index contributed by atoms with van der Waals surface area (Å²) in [4.78, 5) is 11.6. The van der Waals surface area contributed by atoms with Gasteiger partial charge in [-0.15, -0.1) is 0 Å². The summed E-state index contributed by atoms with van der Waals surface area (Å²) >= 11 is 0. The van der Waals surface area contributed by atoms with Gasteiger partial charge in [0.15, 0.2) is 0 Å². The van der Waals surface area contributed by atoms with E-state index >= 15 is 0 Å². The smallest absolute Gasteiger partial charge is 0.334 e. The Morgan fingerprint density at radius 3 is 2.89 bits per heavy atom. The Kier molecular flexibility index (Phi) is 2.46. The molecule has 0 aromatic heterocycles. The Labute approximate surface area is 108 Å². The number of fused-ring (bicyclic) bond motifs is 2. The second kappa shape index (κ2) is 3.70. The number of carbonyl (C=O) groups is 1. The molecule has 3 nitrogen and oxygen atoms in total. The van der Waals surface area contributed by atoms with E-state index in [-0.39, 0.29) is 35.4 Å². The third-order valence-electron chi connectivity index (χ3n) is 5.34. The van der Waals surface area contributed by atoms with Gasteiger partial charge in [-0.3, -0.25) is 0 Å². The van der Waals surface area contributed by atoms with Crippen molar-refractivity contribution in [1.82, 2.24) is 0 Å². The standard InChI is InChI=1S/C15H20O3/c1-8-4-5-13(16)15(3)7-12-10(6-11(8)15)9(2)14(17)18-12/h10-13,16H,1-2,4-7H2,3H3/t10-,11-,12-,13+,15+/m1/s1. The maximum absolute atomic E-state index is 11.6. The summed E-state index contributed by atoms with van der Waals surface area (Å²) in [5.74, 6) is 0.152. The molecule has 1 saturated heterocycles. The minimum Gasteiger partial charge on any atom is -0.458 e. The highest BCUT2D eigenvalue weighted by Crippen LogP contribution is 2.56. The molecule has 0 spiro atoms. The number of allylic oxidation sites excluding steroid dienone is 1. The van der Waals surface area contributed by atoms with Crippen molar-refractivity contribution in [2.45, 2.75) is 44.8 Å². The normalized spacial score (nSPS) is 47.6. The van der Waals surface area contributed by atoms with Crippen molar-refractivity contribution in [2.24, 2.45) is 17.3 Å². The molecule has 3 heteroatoms. The van der Waals surface area contributed by atoms with Crippen LogP contribution in [0.4, 0.5) is 0 Å². The van der Waals surface area contributed by atoms with E-state index in [1.807, 2.05) is 0 Å². The fraction of sp³-hybridized carbons (Fsp3) is 0.667. The van der Waals surface area contributed by atoms with E-state index in [1.165, 1.54) is 5.57 Å². The van der Waals surface area contributed by atoms with E-state index in [0.717, 1.165) is 25.7 Å². The first-order valence-electron chi connectivity index (χ1n) is 6.69. The van der Waals surface area contributed by atoms with Crippen LogP contribution in [-0.4, -0.2) is 23.3 Å². The summed E-state index contributed by atoms with van der Waals surface area (Å²) in [7, 11) is 0. The third-order valence-corrected chi connectivity index (χ3v) is 5.34. The quantitative estimate of drug-likeness (QED) is 0.406. The zero-order valence-electron chi connectivity index (χ0n) is 10.8. The lowest BCUT2D eigenvalue weighted by molar-refractivity contribution is -0.145. The number of esters is 1. The van der Waals surface area contributed by atoms with E-state index in [2.05, 4.69) is 20.1 Å². The average Bonchev–Trinajstić information content (AvgIpc) is 2.58. The molecule has 0 bridgehead atoms. The van der Waals surface area contributed by atoms with E-state index < -0.39 is 0 Å². The van der Waals surface area contributed by atoms with Crippen molar-refractivity contribution in [2.75, 3.05) is 0 Å². The summed E-state index contributed by atoms with van der Waals surface area (Å²) in [6, 6.07) is 0. The van der Waals surface area contributed by atoms with Gasteiger partial charge in [0.25, 0.3) is 0 Å². The highest BCUT2D eigenvalue weighted by atomic mass is 16.6. The lowest BCUT2D eigenvalue weighted by Gasteiger charge is -2.51. The maximum Gasteiger partial charge on any atom is 0.334 e. The average molecular weight is 248 g/mol. The van der Waals surface area contributed by atoms with Crippen molar-refractivity contribution < 1.29 is 14.6 Å². The van der Waals surface area contributed by atoms with Gasteiger partial charge in [0, 0.05) is 16.9 Å². The number of aliphatic hydroxyl groups is 1. The van der Waals surface area contributed by atoms with Gasteiger partial charge in [0.05, 0.1) is 6.10 Å². The van der Waals surface area contributed by atoms with Gasteiger partial charge < -0.3 is 9.84 Å². The Balaban J connectivity index is 1.94. The molecule has 0 unspecified atom stereocenters. The summed E-state index contributed by atoms with van der Waals surface area (Å²) < 4.78 is 5.40. The van der Waals surface area contributed by atoms with Crippen LogP contribution in [0.5, 0.6) is 0 Å². The van der Waals surface area contributed by atoms with Crippen LogP contribution in [0.15, 0.2) is 24.3 Å². The lowest BCUT2D eigenvalue weighted by atomic mass is 9.54. The van der Waals surface area contributed by atoms with Crippen LogP contribution in [0.3, 0.4) is 0 Å². The van der Waals surface area contributed by atoms with Gasteiger partial charge in [0.1, 0.15) is 6.10 Å². The molecular formula is C15H20O3. The molecule has 3 aliphatic rings. The van der Waals surface area contributed by atoms with Crippen LogP contribution in [0, 0.1) is 17.3 Å². The summed E-state index contributed by atoms with van der Waals surface area (Å²) in [6.45, 7) is 10.1. The minimum absolute atomic E-state index is 0.0909. The van der Waals surface area contributed by atoms with Crippen molar-refractivity contribution in [3.05, 3.63) is 24.3 Å². The van der Waals surface area contributed by atoms with Crippen LogP contribution in [0.1, 0.15) is 32.6 Å². The maximum atomic E-state index is 11.6. The number of carbonyl (C=O) groups excluding carboxylic acids is 1. The predicted octanol–water partition coefficient (Wildman–Crippen LogP) is 2.21. The molecule has 3 rings (SSSR count). The molecule has 5 atom stereocenters. The van der Waals surface area contributed by atoms with Gasteiger partial charge in [-0.05, 0) is 31.6 Å². The van der Waals surface area contributed by atoms with Crippen LogP contribution in [0.2, 0.25) is 0 Å². The SMILES string of the molecule is C=C1C(=O)O[C@@H]2C[C@@]3(C)[C@H](C[C@H]12)C(=C)CC[C@@H]3O. The van der Waals surface area contributed by atoms with Gasteiger partial charge in [-0.25, -0.2) is 4.79 Å². The van der Waals surface area contributed by atoms with Crippen molar-refractivity contribution in [1.29, 1.82) is 0 Å². The second-order valence-corrected chi connectivity index (χ2v) is 6.29. The summed E-state index contributed by atoms with van der Waals surface area (Å²) in [6.07, 6.45) is 2.83. The first-order valence-corrected chi connectivity index (χ1v) is 6.69. The molecule has 3 fully saturated rings. The molecular weight excluding hydrogens is 228 g/mol. The molecule has 1 heterocycles. The monoisotopic (exact) mass is 248 g/mol. The van der Waals surface area contributed by atoms with Gasteiger partial charge >= 0.3 is 5.97 Å². The molecule has 0 aromatic rings. The van der Waals surface area contributed by atoms with Gasteiger partial charge in [-0.2, -0.15) is 0 Å². The van der Waals surface area contributed by atoms with E-state index in [9.17, 15) is 9.90 Å². The Bertz CT molecular complexity index is 439. The lowest BCUT2D eigenvalue weighted by Crippen LogP contribution is -2.50. The molecule has 0 aromatic carbocycles. The Hall–Kier alpha value is -1.09. The zero-order valence-corrected chi connectivity index (χ0v) is 10.8. The van der Waals surface area contributed by atoms with E-state index in [4.69, 9.17) is 4.74 Å². The number of ether oxygens (including phenoxy) is 1.